The summed E-state index contributed by atoms with van der Waals surface area (Å²) >= 11 is 0. The van der Waals surface area contributed by atoms with E-state index in [9.17, 15) is 0 Å². The van der Waals surface area contributed by atoms with Crippen molar-refractivity contribution in [3.8, 4) is 28.8 Å². The number of nitrogens with one attached hydrogen (secondary N) is 2. The number of methoxy groups -OCH3 is 1. The fourth-order valence-corrected chi connectivity index (χ4v) is 3.62. The van der Waals surface area contributed by atoms with Crippen molar-refractivity contribution in [3.63, 3.8) is 0 Å². The number of nitrogens with zero attached hydrogens (tertiary/aromatic N) is 8. The summed E-state index contributed by atoms with van der Waals surface area (Å²) in [6.45, 7) is 6.24. The van der Waals surface area contributed by atoms with Gasteiger partial charge in [0.15, 0.2) is 17.5 Å². The molecule has 32 heavy (non-hydrogen) atoms. The molecule has 0 radical (unpaired) electrons. The van der Waals surface area contributed by atoms with Crippen molar-refractivity contribution >= 4 is 17.2 Å². The van der Waals surface area contributed by atoms with Gasteiger partial charge < -0.3 is 14.6 Å². The van der Waals surface area contributed by atoms with Crippen LogP contribution in [0.1, 0.15) is 25.5 Å². The number of aromatic nitrogens is 9. The van der Waals surface area contributed by atoms with E-state index in [1.165, 1.54) is 0 Å². The zero-order valence-corrected chi connectivity index (χ0v) is 18.5. The quantitative estimate of drug-likeness (QED) is 0.423. The molecule has 5 heterocycles. The van der Waals surface area contributed by atoms with Crippen molar-refractivity contribution in [2.24, 2.45) is 7.05 Å². The van der Waals surface area contributed by atoms with Crippen LogP contribution in [-0.4, -0.2) is 51.2 Å². The maximum atomic E-state index is 5.21. The molecule has 0 unspecified atom stereocenters. The van der Waals surface area contributed by atoms with Gasteiger partial charge in [-0.05, 0) is 32.4 Å². The van der Waals surface area contributed by atoms with E-state index < -0.39 is 0 Å². The van der Waals surface area contributed by atoms with Crippen LogP contribution in [-0.2, 0) is 7.05 Å². The molecule has 164 valence electrons. The zero-order chi connectivity index (χ0) is 22.4. The molecule has 11 heteroatoms. The summed E-state index contributed by atoms with van der Waals surface area (Å²) in [6.07, 6.45) is 7.54. The molecular weight excluding hydrogens is 408 g/mol. The number of hydrogen-bond donors (Lipinski definition) is 2. The molecule has 0 saturated heterocycles. The van der Waals surface area contributed by atoms with E-state index in [4.69, 9.17) is 19.9 Å². The molecule has 5 aromatic heterocycles. The van der Waals surface area contributed by atoms with Crippen LogP contribution in [0.25, 0.3) is 28.4 Å². The molecule has 0 aliphatic heterocycles. The van der Waals surface area contributed by atoms with Crippen molar-refractivity contribution < 1.29 is 4.74 Å². The fraction of sp³-hybridized carbons (Fsp3) is 0.286. The largest absolute Gasteiger partial charge is 0.481 e. The molecule has 0 amide bonds. The summed E-state index contributed by atoms with van der Waals surface area (Å²) in [4.78, 5) is 9.20. The highest BCUT2D eigenvalue weighted by molar-refractivity contribution is 5.84. The van der Waals surface area contributed by atoms with Crippen molar-refractivity contribution in [2.75, 3.05) is 12.4 Å². The van der Waals surface area contributed by atoms with Crippen LogP contribution in [0.15, 0.2) is 36.9 Å². The number of fused-ring (bicyclic) bond motifs is 1. The second-order valence-electron chi connectivity index (χ2n) is 7.83. The van der Waals surface area contributed by atoms with Crippen LogP contribution in [0.3, 0.4) is 0 Å². The molecular formula is C21H24N10O. The molecule has 0 aromatic carbocycles. The first-order valence-corrected chi connectivity index (χ1v) is 10.2. The first-order chi connectivity index (χ1) is 15.4. The molecule has 0 fully saturated rings. The molecule has 0 aliphatic rings. The molecule has 2 N–H and O–H groups in total. The van der Waals surface area contributed by atoms with Gasteiger partial charge in [-0.3, -0.25) is 4.68 Å². The first-order valence-electron chi connectivity index (χ1n) is 10.2. The van der Waals surface area contributed by atoms with Gasteiger partial charge in [0.05, 0.1) is 12.8 Å². The Morgan fingerprint density at radius 2 is 2.03 bits per heavy atom. The predicted octanol–water partition coefficient (Wildman–Crippen LogP) is 3.36. The minimum atomic E-state index is 0.280. The van der Waals surface area contributed by atoms with Gasteiger partial charge in [0, 0.05) is 49.5 Å². The highest BCUT2D eigenvalue weighted by Crippen LogP contribution is 2.32. The third-order valence-corrected chi connectivity index (χ3v) is 5.34. The first kappa shape index (κ1) is 19.8. The van der Waals surface area contributed by atoms with Gasteiger partial charge in [0.25, 0.3) is 0 Å². The van der Waals surface area contributed by atoms with Crippen molar-refractivity contribution in [2.45, 2.75) is 26.8 Å². The minimum Gasteiger partial charge on any atom is -0.481 e. The van der Waals surface area contributed by atoms with E-state index in [-0.39, 0.29) is 6.04 Å². The standard InChI is InChI=1S/C21H24N10O/c1-12(2)30-8-6-15(27-30)14-11-31-18(13(14)3)19(23-16-10-17(32-5)26-25-16)24-20(28-31)21-22-7-9-29(21)4/h6-12H,1-5H3,(H2,23,24,25,26,28). The molecule has 0 atom stereocenters. The molecule has 0 saturated carbocycles. The summed E-state index contributed by atoms with van der Waals surface area (Å²) in [6, 6.07) is 4.06. The average molecular weight is 432 g/mol. The van der Waals surface area contributed by atoms with Crippen LogP contribution in [0.4, 0.5) is 11.6 Å². The van der Waals surface area contributed by atoms with Gasteiger partial charge in [-0.1, -0.05) is 0 Å². The van der Waals surface area contributed by atoms with Gasteiger partial charge in [0.1, 0.15) is 5.52 Å². The smallest absolute Gasteiger partial charge is 0.218 e. The van der Waals surface area contributed by atoms with Gasteiger partial charge in [0.2, 0.25) is 11.7 Å². The third kappa shape index (κ3) is 3.27. The monoisotopic (exact) mass is 432 g/mol. The minimum absolute atomic E-state index is 0.280. The molecule has 0 bridgehead atoms. The Morgan fingerprint density at radius 3 is 2.69 bits per heavy atom. The van der Waals surface area contributed by atoms with Gasteiger partial charge >= 0.3 is 0 Å². The lowest BCUT2D eigenvalue weighted by Gasteiger charge is -2.09. The second-order valence-corrected chi connectivity index (χ2v) is 7.83. The maximum Gasteiger partial charge on any atom is 0.218 e. The Kier molecular flexibility index (Phi) is 4.65. The Bertz CT molecular complexity index is 1400. The Hall–Kier alpha value is -4.15. The fourth-order valence-electron chi connectivity index (χ4n) is 3.62. The highest BCUT2D eigenvalue weighted by Gasteiger charge is 2.20. The number of aryl methyl sites for hydroxylation is 2. The summed E-state index contributed by atoms with van der Waals surface area (Å²) in [5.74, 6) is 2.89. The van der Waals surface area contributed by atoms with Gasteiger partial charge in [-0.25, -0.2) is 19.6 Å². The number of anilines is 2. The topological polar surface area (TPSA) is 116 Å². The molecule has 5 rings (SSSR count). The van der Waals surface area contributed by atoms with E-state index in [0.717, 1.165) is 22.3 Å². The van der Waals surface area contributed by atoms with Crippen molar-refractivity contribution in [1.29, 1.82) is 0 Å². The number of ether oxygens (including phenoxy) is 1. The zero-order valence-electron chi connectivity index (χ0n) is 18.5. The molecule has 5 aromatic rings. The van der Waals surface area contributed by atoms with Crippen LogP contribution in [0.5, 0.6) is 5.88 Å². The average Bonchev–Trinajstić information content (AvgIpc) is 3.54. The lowest BCUT2D eigenvalue weighted by molar-refractivity contribution is 0.397. The maximum absolute atomic E-state index is 5.21. The van der Waals surface area contributed by atoms with E-state index in [1.807, 2.05) is 52.4 Å². The second kappa shape index (κ2) is 7.52. The number of rotatable bonds is 6. The van der Waals surface area contributed by atoms with Crippen LogP contribution in [0.2, 0.25) is 0 Å². The van der Waals surface area contributed by atoms with Gasteiger partial charge in [-0.2, -0.15) is 10.2 Å². The van der Waals surface area contributed by atoms with Crippen LogP contribution >= 0.6 is 0 Å². The summed E-state index contributed by atoms with van der Waals surface area (Å²) in [5, 5.41) is 19.8. The van der Waals surface area contributed by atoms with E-state index in [0.29, 0.717) is 29.2 Å². The molecule has 11 nitrogen and oxygen atoms in total. The summed E-state index contributed by atoms with van der Waals surface area (Å²) in [7, 11) is 3.49. The van der Waals surface area contributed by atoms with Crippen molar-refractivity contribution in [1.82, 2.24) is 44.1 Å². The third-order valence-electron chi connectivity index (χ3n) is 5.34. The highest BCUT2D eigenvalue weighted by atomic mass is 16.5. The Labute approximate surface area is 184 Å². The lowest BCUT2D eigenvalue weighted by atomic mass is 10.1. The Morgan fingerprint density at radius 1 is 1.19 bits per heavy atom. The van der Waals surface area contributed by atoms with Gasteiger partial charge in [-0.15, -0.1) is 5.10 Å². The Balaban J connectivity index is 1.69. The normalized spacial score (nSPS) is 11.6. The molecule has 0 aliphatic carbocycles. The number of H-pyrrole nitrogens is 1. The van der Waals surface area contributed by atoms with Crippen LogP contribution < -0.4 is 10.1 Å². The van der Waals surface area contributed by atoms with E-state index in [2.05, 4.69) is 34.3 Å². The number of aromatic amines is 1. The number of hydrogen-bond acceptors (Lipinski definition) is 7. The summed E-state index contributed by atoms with van der Waals surface area (Å²) in [5.41, 5.74) is 3.71. The van der Waals surface area contributed by atoms with Crippen molar-refractivity contribution in [3.05, 3.63) is 42.5 Å². The van der Waals surface area contributed by atoms with Crippen LogP contribution in [0, 0.1) is 6.92 Å². The van der Waals surface area contributed by atoms with E-state index in [1.54, 1.807) is 19.4 Å². The SMILES string of the molecule is COc1cc(Nc2nc(-c3nccn3C)nn3cc(-c4ccn(C(C)C)n4)c(C)c23)n[nH]1. The predicted molar refractivity (Wildman–Crippen MR) is 120 cm³/mol. The molecule has 0 spiro atoms. The summed E-state index contributed by atoms with van der Waals surface area (Å²) < 4.78 is 10.8. The lowest BCUT2D eigenvalue weighted by Crippen LogP contribution is -2.06. The van der Waals surface area contributed by atoms with E-state index >= 15 is 0 Å². The number of imidazole rings is 1.